The van der Waals surface area contributed by atoms with Crippen LogP contribution in [0.4, 0.5) is 0 Å². The summed E-state index contributed by atoms with van der Waals surface area (Å²) in [4.78, 5) is 12.3. The van der Waals surface area contributed by atoms with Crippen LogP contribution in [0.5, 0.6) is 5.75 Å². The molecule has 6 nitrogen and oxygen atoms in total. The first-order chi connectivity index (χ1) is 9.28. The van der Waals surface area contributed by atoms with Crippen molar-refractivity contribution in [1.29, 1.82) is 0 Å². The predicted molar refractivity (Wildman–Crippen MR) is 68.4 cm³/mol. The normalized spacial score (nSPS) is 15.0. The summed E-state index contributed by atoms with van der Waals surface area (Å²) >= 11 is 0. The first kappa shape index (κ1) is 11.9. The number of benzene rings is 1. The lowest BCUT2D eigenvalue weighted by atomic mass is 10.1. The molecule has 2 heterocycles. The van der Waals surface area contributed by atoms with Crippen LogP contribution in [0.2, 0.25) is 0 Å². The molecule has 0 amide bonds. The molecule has 0 unspecified atom stereocenters. The highest BCUT2D eigenvalue weighted by atomic mass is 16.5. The largest absolute Gasteiger partial charge is 0.497 e. The van der Waals surface area contributed by atoms with Crippen molar-refractivity contribution in [2.75, 3.05) is 20.2 Å². The summed E-state index contributed by atoms with van der Waals surface area (Å²) in [5, 5.41) is 11.1. The molecule has 1 aliphatic rings. The van der Waals surface area contributed by atoms with E-state index in [9.17, 15) is 4.79 Å². The van der Waals surface area contributed by atoms with Crippen molar-refractivity contribution in [2.45, 2.75) is 6.04 Å². The van der Waals surface area contributed by atoms with Crippen LogP contribution in [0, 0.1) is 0 Å². The minimum Gasteiger partial charge on any atom is -0.497 e. The Hall–Kier alpha value is -2.21. The number of hydrogen-bond donors (Lipinski definition) is 1. The molecule has 1 fully saturated rings. The third kappa shape index (κ3) is 2.22. The molecule has 0 spiro atoms. The predicted octanol–water partition coefficient (Wildman–Crippen LogP) is 0.662. The van der Waals surface area contributed by atoms with E-state index in [0.29, 0.717) is 23.0 Å². The molecule has 1 aromatic heterocycles. The van der Waals surface area contributed by atoms with Gasteiger partial charge in [0, 0.05) is 18.7 Å². The highest BCUT2D eigenvalue weighted by Gasteiger charge is 2.22. The number of rotatable bonds is 4. The maximum Gasteiger partial charge on any atom is 0.215 e. The van der Waals surface area contributed by atoms with E-state index in [2.05, 4.69) is 15.6 Å². The van der Waals surface area contributed by atoms with Crippen LogP contribution < -0.4 is 10.1 Å². The van der Waals surface area contributed by atoms with Gasteiger partial charge in [-0.05, 0) is 12.1 Å². The standard InChI is InChI=1S/C13H14N4O2/c1-19-11-4-2-3-9(5-11)13(18)12-8-17(16-15-12)10-6-14-7-10/h2-5,8,10,14H,6-7H2,1H3. The summed E-state index contributed by atoms with van der Waals surface area (Å²) in [6.45, 7) is 1.74. The van der Waals surface area contributed by atoms with E-state index in [0.717, 1.165) is 13.1 Å². The molecule has 1 saturated heterocycles. The van der Waals surface area contributed by atoms with Gasteiger partial charge >= 0.3 is 0 Å². The molecule has 0 saturated carbocycles. The zero-order valence-corrected chi connectivity index (χ0v) is 10.5. The van der Waals surface area contributed by atoms with Gasteiger partial charge in [0.2, 0.25) is 5.78 Å². The molecule has 0 radical (unpaired) electrons. The van der Waals surface area contributed by atoms with Gasteiger partial charge in [0.25, 0.3) is 0 Å². The summed E-state index contributed by atoms with van der Waals surface area (Å²) in [7, 11) is 1.57. The van der Waals surface area contributed by atoms with Crippen molar-refractivity contribution in [3.8, 4) is 5.75 Å². The molecule has 0 atom stereocenters. The van der Waals surface area contributed by atoms with Crippen molar-refractivity contribution in [3.63, 3.8) is 0 Å². The Morgan fingerprint density at radius 2 is 2.32 bits per heavy atom. The topological polar surface area (TPSA) is 69.0 Å². The molecule has 6 heteroatoms. The molecule has 0 aliphatic carbocycles. The second kappa shape index (κ2) is 4.81. The summed E-state index contributed by atoms with van der Waals surface area (Å²) in [5.41, 5.74) is 0.915. The van der Waals surface area contributed by atoms with Crippen LogP contribution in [-0.2, 0) is 0 Å². The highest BCUT2D eigenvalue weighted by Crippen LogP contribution is 2.16. The monoisotopic (exact) mass is 258 g/mol. The van der Waals surface area contributed by atoms with Crippen molar-refractivity contribution < 1.29 is 9.53 Å². The van der Waals surface area contributed by atoms with E-state index >= 15 is 0 Å². The molecule has 3 rings (SSSR count). The van der Waals surface area contributed by atoms with Gasteiger partial charge in [0.05, 0.1) is 19.3 Å². The molecular weight excluding hydrogens is 244 g/mol. The van der Waals surface area contributed by atoms with Gasteiger partial charge in [-0.3, -0.25) is 4.79 Å². The number of ketones is 1. The SMILES string of the molecule is COc1cccc(C(=O)c2cn(C3CNC3)nn2)c1. The molecule has 19 heavy (non-hydrogen) atoms. The molecule has 98 valence electrons. The lowest BCUT2D eigenvalue weighted by Crippen LogP contribution is -2.43. The fraction of sp³-hybridized carbons (Fsp3) is 0.308. The van der Waals surface area contributed by atoms with E-state index in [1.807, 2.05) is 0 Å². The zero-order valence-electron chi connectivity index (χ0n) is 10.5. The molecule has 1 aromatic carbocycles. The first-order valence-electron chi connectivity index (χ1n) is 6.09. The Kier molecular flexibility index (Phi) is 3.00. The Morgan fingerprint density at radius 3 is 3.00 bits per heavy atom. The lowest BCUT2D eigenvalue weighted by molar-refractivity contribution is 0.103. The second-order valence-corrected chi connectivity index (χ2v) is 4.46. The minimum absolute atomic E-state index is 0.141. The summed E-state index contributed by atoms with van der Waals surface area (Å²) in [6.07, 6.45) is 1.70. The van der Waals surface area contributed by atoms with Gasteiger partial charge in [-0.25, -0.2) is 4.68 Å². The Labute approximate surface area is 110 Å². The van der Waals surface area contributed by atoms with Gasteiger partial charge in [-0.2, -0.15) is 0 Å². The van der Waals surface area contributed by atoms with E-state index in [4.69, 9.17) is 4.74 Å². The number of nitrogens with zero attached hydrogens (tertiary/aromatic N) is 3. The Morgan fingerprint density at radius 1 is 1.47 bits per heavy atom. The second-order valence-electron chi connectivity index (χ2n) is 4.46. The lowest BCUT2D eigenvalue weighted by Gasteiger charge is -2.26. The van der Waals surface area contributed by atoms with Crippen LogP contribution in [-0.4, -0.2) is 41.0 Å². The maximum atomic E-state index is 12.3. The number of methoxy groups -OCH3 is 1. The van der Waals surface area contributed by atoms with Gasteiger partial charge in [-0.15, -0.1) is 5.10 Å². The molecule has 1 aliphatic heterocycles. The molecule has 0 bridgehead atoms. The third-order valence-electron chi connectivity index (χ3n) is 3.21. The number of carbonyl (C=O) groups is 1. The number of ether oxygens (including phenoxy) is 1. The fourth-order valence-corrected chi connectivity index (χ4v) is 1.93. The van der Waals surface area contributed by atoms with Crippen LogP contribution in [0.3, 0.4) is 0 Å². The number of carbonyl (C=O) groups excluding carboxylic acids is 1. The quantitative estimate of drug-likeness (QED) is 0.816. The van der Waals surface area contributed by atoms with E-state index in [1.54, 1.807) is 42.3 Å². The first-order valence-corrected chi connectivity index (χ1v) is 6.09. The average Bonchev–Trinajstić information content (AvgIpc) is 2.85. The third-order valence-corrected chi connectivity index (χ3v) is 3.21. The Bertz CT molecular complexity index is 604. The van der Waals surface area contributed by atoms with Crippen LogP contribution >= 0.6 is 0 Å². The van der Waals surface area contributed by atoms with Gasteiger partial charge in [-0.1, -0.05) is 17.3 Å². The maximum absolute atomic E-state index is 12.3. The van der Waals surface area contributed by atoms with E-state index < -0.39 is 0 Å². The van der Waals surface area contributed by atoms with Crippen molar-refractivity contribution in [2.24, 2.45) is 0 Å². The number of nitrogens with one attached hydrogen (secondary N) is 1. The zero-order chi connectivity index (χ0) is 13.2. The smallest absolute Gasteiger partial charge is 0.215 e. The summed E-state index contributed by atoms with van der Waals surface area (Å²) in [5.74, 6) is 0.513. The van der Waals surface area contributed by atoms with Gasteiger partial charge in [0.1, 0.15) is 5.75 Å². The van der Waals surface area contributed by atoms with Gasteiger partial charge < -0.3 is 10.1 Å². The van der Waals surface area contributed by atoms with Crippen molar-refractivity contribution >= 4 is 5.78 Å². The number of aromatic nitrogens is 3. The Balaban J connectivity index is 1.84. The minimum atomic E-state index is -0.141. The average molecular weight is 258 g/mol. The van der Waals surface area contributed by atoms with Crippen LogP contribution in [0.1, 0.15) is 22.1 Å². The van der Waals surface area contributed by atoms with E-state index in [1.165, 1.54) is 0 Å². The van der Waals surface area contributed by atoms with E-state index in [-0.39, 0.29) is 5.78 Å². The van der Waals surface area contributed by atoms with Crippen molar-refractivity contribution in [3.05, 3.63) is 41.7 Å². The summed E-state index contributed by atoms with van der Waals surface area (Å²) in [6, 6.07) is 7.33. The highest BCUT2D eigenvalue weighted by molar-refractivity contribution is 6.07. The van der Waals surface area contributed by atoms with Gasteiger partial charge in [0.15, 0.2) is 5.69 Å². The summed E-state index contributed by atoms with van der Waals surface area (Å²) < 4.78 is 6.85. The van der Waals surface area contributed by atoms with Crippen molar-refractivity contribution in [1.82, 2.24) is 20.3 Å². The molecular formula is C13H14N4O2. The van der Waals surface area contributed by atoms with Crippen LogP contribution in [0.15, 0.2) is 30.5 Å². The molecule has 1 N–H and O–H groups in total. The number of hydrogen-bond acceptors (Lipinski definition) is 5. The van der Waals surface area contributed by atoms with Crippen LogP contribution in [0.25, 0.3) is 0 Å². The fourth-order valence-electron chi connectivity index (χ4n) is 1.93. The molecule has 2 aromatic rings.